The Morgan fingerprint density at radius 2 is 1.59 bits per heavy atom. The van der Waals surface area contributed by atoms with E-state index in [1.54, 1.807) is 12.1 Å². The first-order valence-corrected chi connectivity index (χ1v) is 10.2. The van der Waals surface area contributed by atoms with E-state index < -0.39 is 10.1 Å². The maximum atomic E-state index is 9.28. The second-order valence-electron chi connectivity index (χ2n) is 4.91. The van der Waals surface area contributed by atoms with Crippen molar-refractivity contribution in [3.8, 4) is 5.75 Å². The highest BCUT2D eigenvalue weighted by molar-refractivity contribution is 7.95. The van der Waals surface area contributed by atoms with E-state index in [-0.39, 0.29) is 10.9 Å². The summed E-state index contributed by atoms with van der Waals surface area (Å²) >= 11 is 0. The molecule has 2 aromatic rings. The van der Waals surface area contributed by atoms with Gasteiger partial charge in [0, 0.05) is 22.7 Å². The third-order valence-electron chi connectivity index (χ3n) is 2.87. The molecule has 22 heavy (non-hydrogen) atoms. The number of phenolic OH excluding ortho intramolecular Hbond substituents is 1. The summed E-state index contributed by atoms with van der Waals surface area (Å²) in [5.74, 6) is 1.40. The highest BCUT2D eigenvalue weighted by Crippen LogP contribution is 2.20. The molecule has 0 aliphatic heterocycles. The van der Waals surface area contributed by atoms with Crippen molar-refractivity contribution in [2.45, 2.75) is 17.6 Å². The van der Waals surface area contributed by atoms with Gasteiger partial charge >= 0.3 is 0 Å². The molecule has 0 amide bonds. The normalized spacial score (nSPS) is 12.2. The van der Waals surface area contributed by atoms with Gasteiger partial charge in [0.25, 0.3) is 0 Å². The van der Waals surface area contributed by atoms with Crippen molar-refractivity contribution in [2.75, 3.05) is 12.5 Å². The molecule has 0 saturated carbocycles. The molecule has 1 atom stereocenters. The van der Waals surface area contributed by atoms with Crippen LogP contribution in [0.5, 0.6) is 5.75 Å². The fourth-order valence-electron chi connectivity index (χ4n) is 1.77. The standard InChI is InChI=1S/C15H16OS.CH4O3S/c1-12-5-3-4-6-13(12)11-17(2)15-9-7-14(16)8-10-15;1-5(2,3)4/h3-10H,11H2,1-2H3;1H3,(H,2,3,4). The van der Waals surface area contributed by atoms with Crippen LogP contribution >= 0.6 is 0 Å². The molecule has 1 N–H and O–H groups in total. The van der Waals surface area contributed by atoms with Crippen LogP contribution in [0.2, 0.25) is 0 Å². The van der Waals surface area contributed by atoms with Gasteiger partial charge in [0.05, 0.1) is 10.1 Å². The van der Waals surface area contributed by atoms with Crippen LogP contribution in [0.1, 0.15) is 11.1 Å². The van der Waals surface area contributed by atoms with Gasteiger partial charge in [-0.15, -0.1) is 0 Å². The highest BCUT2D eigenvalue weighted by atomic mass is 32.2. The average Bonchev–Trinajstić information content (AvgIpc) is 2.40. The second-order valence-corrected chi connectivity index (χ2v) is 8.35. The largest absolute Gasteiger partial charge is 0.748 e. The molecule has 0 fully saturated rings. The summed E-state index contributed by atoms with van der Waals surface area (Å²) in [7, 11) is -3.73. The molecule has 6 heteroatoms. The van der Waals surface area contributed by atoms with Crippen LogP contribution in [0.15, 0.2) is 53.4 Å². The Morgan fingerprint density at radius 1 is 1.09 bits per heavy atom. The van der Waals surface area contributed by atoms with Gasteiger partial charge in [-0.25, -0.2) is 8.42 Å². The smallest absolute Gasteiger partial charge is 0.155 e. The van der Waals surface area contributed by atoms with Crippen molar-refractivity contribution in [1.29, 1.82) is 0 Å². The molecule has 4 nitrogen and oxygen atoms in total. The van der Waals surface area contributed by atoms with Gasteiger partial charge in [-0.1, -0.05) is 24.3 Å². The Morgan fingerprint density at radius 3 is 2.09 bits per heavy atom. The predicted octanol–water partition coefficient (Wildman–Crippen LogP) is 2.67. The van der Waals surface area contributed by atoms with Crippen LogP contribution in [0, 0.1) is 6.92 Å². The minimum Gasteiger partial charge on any atom is -0.748 e. The topological polar surface area (TPSA) is 77.4 Å². The van der Waals surface area contributed by atoms with Gasteiger partial charge in [0.2, 0.25) is 0 Å². The number of hydrogen-bond donors (Lipinski definition) is 1. The summed E-state index contributed by atoms with van der Waals surface area (Å²) < 4.78 is 27.2. The number of aryl methyl sites for hydroxylation is 1. The van der Waals surface area contributed by atoms with E-state index in [1.807, 2.05) is 12.1 Å². The zero-order valence-corrected chi connectivity index (χ0v) is 14.4. The summed E-state index contributed by atoms with van der Waals surface area (Å²) in [6.45, 7) is 2.16. The van der Waals surface area contributed by atoms with Crippen molar-refractivity contribution in [1.82, 2.24) is 0 Å². The molecule has 0 aliphatic rings. The number of benzene rings is 2. The summed E-state index contributed by atoms with van der Waals surface area (Å²) in [5.41, 5.74) is 2.76. The van der Waals surface area contributed by atoms with E-state index in [2.05, 4.69) is 37.4 Å². The molecule has 0 saturated heterocycles. The van der Waals surface area contributed by atoms with Gasteiger partial charge < -0.3 is 9.66 Å². The van der Waals surface area contributed by atoms with Crippen LogP contribution in [-0.2, 0) is 26.8 Å². The second kappa shape index (κ2) is 8.22. The van der Waals surface area contributed by atoms with E-state index in [1.165, 1.54) is 16.0 Å². The summed E-state index contributed by atoms with van der Waals surface area (Å²) in [5, 5.41) is 9.28. The van der Waals surface area contributed by atoms with Gasteiger partial charge in [0.1, 0.15) is 17.8 Å². The maximum absolute atomic E-state index is 9.28. The van der Waals surface area contributed by atoms with Gasteiger partial charge in [-0.05, 0) is 36.8 Å². The molecule has 0 aliphatic carbocycles. The quantitative estimate of drug-likeness (QED) is 0.688. The Balaban J connectivity index is 0.000000422. The van der Waals surface area contributed by atoms with E-state index in [0.717, 1.165) is 5.75 Å². The molecule has 120 valence electrons. The molecule has 0 radical (unpaired) electrons. The molecular formula is C16H20O4S2. The third kappa shape index (κ3) is 7.49. The zero-order chi connectivity index (χ0) is 16.8. The third-order valence-corrected chi connectivity index (χ3v) is 4.69. The van der Waals surface area contributed by atoms with Gasteiger partial charge in [-0.3, -0.25) is 0 Å². The minimum absolute atomic E-state index is 0.186. The molecule has 2 aromatic carbocycles. The zero-order valence-electron chi connectivity index (χ0n) is 12.8. The van der Waals surface area contributed by atoms with Crippen LogP contribution < -0.4 is 0 Å². The lowest BCUT2D eigenvalue weighted by molar-refractivity contribution is 0.470. The lowest BCUT2D eigenvalue weighted by atomic mass is 10.1. The van der Waals surface area contributed by atoms with Crippen molar-refractivity contribution >= 4 is 21.0 Å². The fourth-order valence-corrected chi connectivity index (χ4v) is 3.32. The summed E-state index contributed by atoms with van der Waals surface area (Å²) in [4.78, 5) is 1.30. The SMILES string of the molecule is CS(=O)(=O)[O-].Cc1ccccc1C[S+](C)c1ccc(O)cc1. The van der Waals surface area contributed by atoms with E-state index in [0.29, 0.717) is 12.0 Å². The predicted molar refractivity (Wildman–Crippen MR) is 90.2 cm³/mol. The molecular weight excluding hydrogens is 320 g/mol. The monoisotopic (exact) mass is 340 g/mol. The molecule has 1 unspecified atom stereocenters. The van der Waals surface area contributed by atoms with E-state index in [4.69, 9.17) is 13.0 Å². The van der Waals surface area contributed by atoms with Gasteiger partial charge in [-0.2, -0.15) is 0 Å². The Bertz CT molecular complexity index is 686. The van der Waals surface area contributed by atoms with Crippen LogP contribution in [0.25, 0.3) is 0 Å². The Kier molecular flexibility index (Phi) is 6.93. The average molecular weight is 340 g/mol. The Labute approximate surface area is 134 Å². The summed E-state index contributed by atoms with van der Waals surface area (Å²) in [6.07, 6.45) is 2.85. The maximum Gasteiger partial charge on any atom is 0.155 e. The van der Waals surface area contributed by atoms with Crippen molar-refractivity contribution < 1.29 is 18.1 Å². The molecule has 0 spiro atoms. The molecule has 0 aromatic heterocycles. The van der Waals surface area contributed by atoms with E-state index >= 15 is 0 Å². The Hall–Kier alpha value is -1.50. The fraction of sp³-hybridized carbons (Fsp3) is 0.250. The number of phenols is 1. The first-order valence-electron chi connectivity index (χ1n) is 6.54. The highest BCUT2D eigenvalue weighted by Gasteiger charge is 2.16. The molecule has 0 heterocycles. The summed E-state index contributed by atoms with van der Waals surface area (Å²) in [6, 6.07) is 16.1. The number of rotatable bonds is 3. The van der Waals surface area contributed by atoms with Gasteiger partial charge in [0.15, 0.2) is 4.90 Å². The van der Waals surface area contributed by atoms with Crippen LogP contribution in [-0.4, -0.2) is 30.6 Å². The first kappa shape index (κ1) is 18.5. The number of aromatic hydroxyl groups is 1. The van der Waals surface area contributed by atoms with Crippen LogP contribution in [0.3, 0.4) is 0 Å². The van der Waals surface area contributed by atoms with Crippen molar-refractivity contribution in [2.24, 2.45) is 0 Å². The van der Waals surface area contributed by atoms with E-state index in [9.17, 15) is 5.11 Å². The minimum atomic E-state index is -3.92. The first-order chi connectivity index (χ1) is 10.2. The lowest BCUT2D eigenvalue weighted by Crippen LogP contribution is -2.04. The lowest BCUT2D eigenvalue weighted by Gasteiger charge is -2.06. The number of hydrogen-bond acceptors (Lipinski definition) is 4. The molecule has 0 bridgehead atoms. The van der Waals surface area contributed by atoms with Crippen molar-refractivity contribution in [3.63, 3.8) is 0 Å². The molecule has 2 rings (SSSR count). The van der Waals surface area contributed by atoms with Crippen LogP contribution in [0.4, 0.5) is 0 Å². The van der Waals surface area contributed by atoms with Crippen molar-refractivity contribution in [3.05, 3.63) is 59.7 Å².